The first-order valence-corrected chi connectivity index (χ1v) is 8.07. The Morgan fingerprint density at radius 3 is 2.52 bits per heavy atom. The number of hydrogen-bond donors (Lipinski definition) is 3. The lowest BCUT2D eigenvalue weighted by Gasteiger charge is -2.21. The maximum absolute atomic E-state index is 11.8. The highest BCUT2D eigenvalue weighted by Gasteiger charge is 2.25. The van der Waals surface area contributed by atoms with Crippen molar-refractivity contribution in [2.24, 2.45) is 0 Å². The number of imide groups is 1. The molecule has 1 fully saturated rings. The van der Waals surface area contributed by atoms with Gasteiger partial charge in [0, 0.05) is 18.5 Å². The zero-order chi connectivity index (χ0) is 17.1. The molecule has 0 bridgehead atoms. The monoisotopic (exact) mass is 319 g/mol. The lowest BCUT2D eigenvalue weighted by molar-refractivity contribution is -0.134. The van der Waals surface area contributed by atoms with Crippen molar-refractivity contribution in [2.45, 2.75) is 39.2 Å². The standard InChI is InChI=1S/C15H19N3O3.C2H6/c19-13-8-7-12(15(21)18-13)16-9-4-10-17-14(20)11-5-2-1-3-6-11;1-2/h1-3,5-6,12,16H,4,7-10H2,(H,17,20)(H,18,19,21);1-2H3. The molecule has 1 atom stereocenters. The second-order valence-corrected chi connectivity index (χ2v) is 4.93. The van der Waals surface area contributed by atoms with Crippen molar-refractivity contribution in [3.63, 3.8) is 0 Å². The lowest BCUT2D eigenvalue weighted by Crippen LogP contribution is -2.51. The largest absolute Gasteiger partial charge is 0.352 e. The van der Waals surface area contributed by atoms with E-state index in [2.05, 4.69) is 16.0 Å². The summed E-state index contributed by atoms with van der Waals surface area (Å²) in [6.45, 7) is 5.15. The third-order valence-electron chi connectivity index (χ3n) is 3.31. The van der Waals surface area contributed by atoms with Gasteiger partial charge in [-0.25, -0.2) is 0 Å². The third kappa shape index (κ3) is 6.61. The minimum Gasteiger partial charge on any atom is -0.352 e. The molecule has 126 valence electrons. The SMILES string of the molecule is CC.O=C1CCC(NCCCNC(=O)c2ccccc2)C(=O)N1. The van der Waals surface area contributed by atoms with Crippen LogP contribution in [-0.4, -0.2) is 36.9 Å². The van der Waals surface area contributed by atoms with Gasteiger partial charge in [-0.05, 0) is 31.5 Å². The van der Waals surface area contributed by atoms with Crippen molar-refractivity contribution in [3.8, 4) is 0 Å². The maximum atomic E-state index is 11.8. The second-order valence-electron chi connectivity index (χ2n) is 4.93. The van der Waals surface area contributed by atoms with Gasteiger partial charge >= 0.3 is 0 Å². The van der Waals surface area contributed by atoms with E-state index in [9.17, 15) is 14.4 Å². The highest BCUT2D eigenvalue weighted by molar-refractivity contribution is 6.00. The van der Waals surface area contributed by atoms with E-state index in [0.717, 1.165) is 6.42 Å². The van der Waals surface area contributed by atoms with E-state index >= 15 is 0 Å². The number of piperidine rings is 1. The summed E-state index contributed by atoms with van der Waals surface area (Å²) in [5.74, 6) is -0.579. The summed E-state index contributed by atoms with van der Waals surface area (Å²) in [6, 6.07) is 8.71. The van der Waals surface area contributed by atoms with Gasteiger partial charge in [0.2, 0.25) is 11.8 Å². The molecule has 1 aromatic rings. The Labute approximate surface area is 137 Å². The summed E-state index contributed by atoms with van der Waals surface area (Å²) >= 11 is 0. The minimum atomic E-state index is -0.312. The van der Waals surface area contributed by atoms with Crippen LogP contribution in [0.1, 0.15) is 43.5 Å². The quantitative estimate of drug-likeness (QED) is 0.543. The van der Waals surface area contributed by atoms with Crippen molar-refractivity contribution in [2.75, 3.05) is 13.1 Å². The van der Waals surface area contributed by atoms with Crippen LogP contribution in [0.25, 0.3) is 0 Å². The first kappa shape index (κ1) is 18.8. The molecule has 1 heterocycles. The molecule has 0 spiro atoms. The number of rotatable bonds is 6. The summed E-state index contributed by atoms with van der Waals surface area (Å²) in [5.41, 5.74) is 0.635. The number of hydrogen-bond acceptors (Lipinski definition) is 4. The summed E-state index contributed by atoms with van der Waals surface area (Å²) in [7, 11) is 0. The maximum Gasteiger partial charge on any atom is 0.251 e. The molecular weight excluding hydrogens is 294 g/mol. The number of amides is 3. The van der Waals surface area contributed by atoms with Crippen molar-refractivity contribution < 1.29 is 14.4 Å². The van der Waals surface area contributed by atoms with E-state index in [1.165, 1.54) is 0 Å². The second kappa shape index (κ2) is 10.5. The fraction of sp³-hybridized carbons (Fsp3) is 0.471. The molecule has 0 aromatic heterocycles. The third-order valence-corrected chi connectivity index (χ3v) is 3.31. The van der Waals surface area contributed by atoms with E-state index in [1.807, 2.05) is 32.0 Å². The molecule has 3 N–H and O–H groups in total. The molecule has 1 saturated heterocycles. The average molecular weight is 319 g/mol. The van der Waals surface area contributed by atoms with Gasteiger partial charge in [-0.3, -0.25) is 19.7 Å². The van der Waals surface area contributed by atoms with Gasteiger partial charge in [-0.1, -0.05) is 32.0 Å². The normalized spacial score (nSPS) is 16.9. The average Bonchev–Trinajstić information content (AvgIpc) is 2.58. The highest BCUT2D eigenvalue weighted by Crippen LogP contribution is 2.04. The van der Waals surface area contributed by atoms with Crippen molar-refractivity contribution in [1.82, 2.24) is 16.0 Å². The summed E-state index contributed by atoms with van der Waals surface area (Å²) in [5, 5.41) is 8.21. The number of nitrogens with one attached hydrogen (secondary N) is 3. The molecule has 0 radical (unpaired) electrons. The predicted molar refractivity (Wildman–Crippen MR) is 88.9 cm³/mol. The highest BCUT2D eigenvalue weighted by atomic mass is 16.2. The molecule has 23 heavy (non-hydrogen) atoms. The van der Waals surface area contributed by atoms with E-state index in [4.69, 9.17) is 0 Å². The molecule has 1 aliphatic heterocycles. The summed E-state index contributed by atoms with van der Waals surface area (Å²) in [4.78, 5) is 34.3. The van der Waals surface area contributed by atoms with Crippen molar-refractivity contribution in [1.29, 1.82) is 0 Å². The van der Waals surface area contributed by atoms with E-state index in [-0.39, 0.29) is 23.8 Å². The summed E-state index contributed by atoms with van der Waals surface area (Å²) in [6.07, 6.45) is 1.62. The smallest absolute Gasteiger partial charge is 0.251 e. The van der Waals surface area contributed by atoms with Crippen LogP contribution in [0.2, 0.25) is 0 Å². The molecular formula is C17H25N3O3. The van der Waals surface area contributed by atoms with Crippen molar-refractivity contribution >= 4 is 17.7 Å². The van der Waals surface area contributed by atoms with E-state index in [0.29, 0.717) is 31.5 Å². The van der Waals surface area contributed by atoms with Crippen LogP contribution in [0.4, 0.5) is 0 Å². The Kier molecular flexibility index (Phi) is 8.60. The molecule has 6 heteroatoms. The topological polar surface area (TPSA) is 87.3 Å². The molecule has 0 saturated carbocycles. The Morgan fingerprint density at radius 1 is 1.17 bits per heavy atom. The number of benzene rings is 1. The zero-order valence-electron chi connectivity index (χ0n) is 13.7. The molecule has 0 aliphatic carbocycles. The van der Waals surface area contributed by atoms with Crippen molar-refractivity contribution in [3.05, 3.63) is 35.9 Å². The van der Waals surface area contributed by atoms with Crippen LogP contribution >= 0.6 is 0 Å². The van der Waals surface area contributed by atoms with Crippen LogP contribution in [0.5, 0.6) is 0 Å². The molecule has 1 aliphatic rings. The predicted octanol–water partition coefficient (Wildman–Crippen LogP) is 1.23. The first-order chi connectivity index (χ1) is 11.2. The minimum absolute atomic E-state index is 0.100. The Morgan fingerprint density at radius 2 is 1.87 bits per heavy atom. The van der Waals surface area contributed by atoms with Crippen LogP contribution in [0, 0.1) is 0 Å². The molecule has 1 unspecified atom stereocenters. The van der Waals surface area contributed by atoms with Gasteiger partial charge in [0.1, 0.15) is 0 Å². The van der Waals surface area contributed by atoms with Crippen LogP contribution in [-0.2, 0) is 9.59 Å². The van der Waals surface area contributed by atoms with Crippen LogP contribution in [0.15, 0.2) is 30.3 Å². The van der Waals surface area contributed by atoms with Gasteiger partial charge in [0.25, 0.3) is 5.91 Å². The number of carbonyl (C=O) groups excluding carboxylic acids is 3. The Balaban J connectivity index is 0.00000127. The van der Waals surface area contributed by atoms with E-state index < -0.39 is 0 Å². The Bertz CT molecular complexity index is 517. The van der Waals surface area contributed by atoms with Gasteiger partial charge in [0.15, 0.2) is 0 Å². The van der Waals surface area contributed by atoms with Gasteiger partial charge in [-0.15, -0.1) is 0 Å². The lowest BCUT2D eigenvalue weighted by atomic mass is 10.1. The van der Waals surface area contributed by atoms with Gasteiger partial charge < -0.3 is 10.6 Å². The number of carbonyl (C=O) groups is 3. The summed E-state index contributed by atoms with van der Waals surface area (Å²) < 4.78 is 0. The van der Waals surface area contributed by atoms with Crippen LogP contribution < -0.4 is 16.0 Å². The molecule has 3 amide bonds. The molecule has 2 rings (SSSR count). The first-order valence-electron chi connectivity index (χ1n) is 8.07. The molecule has 6 nitrogen and oxygen atoms in total. The molecule has 1 aromatic carbocycles. The van der Waals surface area contributed by atoms with Crippen LogP contribution in [0.3, 0.4) is 0 Å². The van der Waals surface area contributed by atoms with Gasteiger partial charge in [-0.2, -0.15) is 0 Å². The Hall–Kier alpha value is -2.21. The van der Waals surface area contributed by atoms with Gasteiger partial charge in [0.05, 0.1) is 6.04 Å². The zero-order valence-corrected chi connectivity index (χ0v) is 13.7. The fourth-order valence-electron chi connectivity index (χ4n) is 2.15. The van der Waals surface area contributed by atoms with E-state index in [1.54, 1.807) is 12.1 Å². The fourth-order valence-corrected chi connectivity index (χ4v) is 2.15.